The summed E-state index contributed by atoms with van der Waals surface area (Å²) in [7, 11) is 1.43. The Bertz CT molecular complexity index is 1550. The van der Waals surface area contributed by atoms with Crippen LogP contribution in [0.15, 0.2) is 78.9 Å². The Kier molecular flexibility index (Phi) is 8.14. The number of para-hydroxylation sites is 1. The molecule has 4 aromatic rings. The third-order valence-corrected chi connectivity index (χ3v) is 6.53. The van der Waals surface area contributed by atoms with Gasteiger partial charge in [-0.15, -0.1) is 0 Å². The number of carboxylic acid groups (broad SMARTS) is 1. The predicted octanol–water partition coefficient (Wildman–Crippen LogP) is 8.41. The van der Waals surface area contributed by atoms with Crippen LogP contribution in [0.1, 0.15) is 47.8 Å². The van der Waals surface area contributed by atoms with E-state index in [9.17, 15) is 14.7 Å². The Morgan fingerprint density at radius 3 is 2.08 bits per heavy atom. The maximum Gasteiger partial charge on any atom is 0.339 e. The fraction of sp³-hybridized carbons (Fsp3) is 0.212. The Morgan fingerprint density at radius 1 is 0.800 bits per heavy atom. The average molecular weight is 539 g/mol. The lowest BCUT2D eigenvalue weighted by Crippen LogP contribution is -2.20. The second-order valence-electron chi connectivity index (χ2n) is 10.7. The van der Waals surface area contributed by atoms with Gasteiger partial charge < -0.3 is 25.2 Å². The highest BCUT2D eigenvalue weighted by atomic mass is 16.5. The van der Waals surface area contributed by atoms with E-state index in [0.29, 0.717) is 28.3 Å². The second-order valence-corrected chi connectivity index (χ2v) is 10.7. The number of nitrogens with one attached hydrogen (secondary N) is 2. The number of carbonyl (C=O) groups excluding carboxylic acids is 1. The van der Waals surface area contributed by atoms with Gasteiger partial charge in [-0.1, -0.05) is 68.8 Å². The zero-order chi connectivity index (χ0) is 29.0. The number of anilines is 2. The van der Waals surface area contributed by atoms with Crippen LogP contribution in [0.25, 0.3) is 11.1 Å². The number of aromatic carboxylic acids is 1. The van der Waals surface area contributed by atoms with Gasteiger partial charge in [0.15, 0.2) is 5.75 Å². The molecule has 0 aromatic heterocycles. The Morgan fingerprint density at radius 2 is 1.45 bits per heavy atom. The SMILES string of the molecule is COc1ccc(-c2ccc(Oc3c(C)cccc3C(C)(C)C)c(NC(=O)Nc3ccc(C)cc3)c2)cc1C(=O)O. The first-order valence-corrected chi connectivity index (χ1v) is 12.9. The molecule has 0 saturated heterocycles. The number of urea groups is 1. The molecule has 3 N–H and O–H groups in total. The molecule has 0 atom stereocenters. The van der Waals surface area contributed by atoms with E-state index in [0.717, 1.165) is 22.4 Å². The summed E-state index contributed by atoms with van der Waals surface area (Å²) in [4.78, 5) is 24.9. The first-order chi connectivity index (χ1) is 19.0. The molecule has 0 fully saturated rings. The molecule has 0 aliphatic rings. The molecule has 0 saturated carbocycles. The van der Waals surface area contributed by atoms with E-state index in [2.05, 4.69) is 31.4 Å². The molecule has 4 rings (SSSR count). The summed E-state index contributed by atoms with van der Waals surface area (Å²) in [6.07, 6.45) is 0. The number of benzene rings is 4. The summed E-state index contributed by atoms with van der Waals surface area (Å²) in [5, 5.41) is 15.4. The first kappa shape index (κ1) is 28.2. The van der Waals surface area contributed by atoms with Crippen molar-refractivity contribution in [3.05, 3.63) is 101 Å². The molecule has 7 nitrogen and oxygen atoms in total. The van der Waals surface area contributed by atoms with Gasteiger partial charge in [-0.05, 0) is 72.4 Å². The van der Waals surface area contributed by atoms with E-state index in [1.807, 2.05) is 62.4 Å². The standard InChI is InChI=1S/C33H34N2O5/c1-20-10-14-24(15-11-20)34-32(38)35-27-19-23(22-12-16-28(39-6)25(18-22)31(36)37)13-17-29(27)40-30-21(2)8-7-9-26(30)33(3,4)5/h7-19H,1-6H3,(H,36,37)(H2,34,35,38). The highest BCUT2D eigenvalue weighted by Gasteiger charge is 2.22. The summed E-state index contributed by atoms with van der Waals surface area (Å²) in [5.74, 6) is 0.349. The van der Waals surface area contributed by atoms with Crippen LogP contribution in [-0.2, 0) is 5.41 Å². The Balaban J connectivity index is 1.77. The Labute approximate surface area is 234 Å². The van der Waals surface area contributed by atoms with E-state index in [1.54, 1.807) is 30.3 Å². The first-order valence-electron chi connectivity index (χ1n) is 12.9. The summed E-state index contributed by atoms with van der Waals surface area (Å²) in [6, 6.07) is 23.4. The monoisotopic (exact) mass is 538 g/mol. The molecule has 2 amide bonds. The van der Waals surface area contributed by atoms with Crippen molar-refractivity contribution in [2.75, 3.05) is 17.7 Å². The molecular weight excluding hydrogens is 504 g/mol. The van der Waals surface area contributed by atoms with Gasteiger partial charge in [-0.2, -0.15) is 0 Å². The van der Waals surface area contributed by atoms with Gasteiger partial charge in [-0.3, -0.25) is 0 Å². The quantitative estimate of drug-likeness (QED) is 0.219. The number of aryl methyl sites for hydroxylation is 2. The van der Waals surface area contributed by atoms with Crippen molar-refractivity contribution in [1.82, 2.24) is 0 Å². The highest BCUT2D eigenvalue weighted by Crippen LogP contribution is 2.40. The van der Waals surface area contributed by atoms with E-state index < -0.39 is 12.0 Å². The van der Waals surface area contributed by atoms with E-state index in [-0.39, 0.29) is 16.7 Å². The van der Waals surface area contributed by atoms with Gasteiger partial charge in [0.2, 0.25) is 0 Å². The fourth-order valence-corrected chi connectivity index (χ4v) is 4.36. The summed E-state index contributed by atoms with van der Waals surface area (Å²) in [6.45, 7) is 10.3. The van der Waals surface area contributed by atoms with Gasteiger partial charge in [0.25, 0.3) is 0 Å². The third-order valence-electron chi connectivity index (χ3n) is 6.53. The number of hydrogen-bond donors (Lipinski definition) is 3. The van der Waals surface area contributed by atoms with Crippen LogP contribution in [0, 0.1) is 13.8 Å². The van der Waals surface area contributed by atoms with Gasteiger partial charge in [0.1, 0.15) is 17.1 Å². The molecule has 206 valence electrons. The number of rotatable bonds is 7. The van der Waals surface area contributed by atoms with Crippen molar-refractivity contribution in [2.24, 2.45) is 0 Å². The number of ether oxygens (including phenoxy) is 2. The van der Waals surface area contributed by atoms with Gasteiger partial charge in [0.05, 0.1) is 12.8 Å². The molecule has 0 spiro atoms. The molecule has 40 heavy (non-hydrogen) atoms. The van der Waals surface area contributed by atoms with Crippen LogP contribution in [-0.4, -0.2) is 24.2 Å². The minimum absolute atomic E-state index is 0.0432. The lowest BCUT2D eigenvalue weighted by Gasteiger charge is -2.25. The lowest BCUT2D eigenvalue weighted by molar-refractivity contribution is 0.0693. The molecule has 0 bridgehead atoms. The van der Waals surface area contributed by atoms with Gasteiger partial charge >= 0.3 is 12.0 Å². The molecule has 0 aliphatic carbocycles. The van der Waals surface area contributed by atoms with Crippen molar-refractivity contribution >= 4 is 23.4 Å². The lowest BCUT2D eigenvalue weighted by atomic mass is 9.85. The number of carboxylic acids is 1. The molecule has 0 unspecified atom stereocenters. The topological polar surface area (TPSA) is 96.9 Å². The van der Waals surface area contributed by atoms with Crippen molar-refractivity contribution < 1.29 is 24.2 Å². The number of methoxy groups -OCH3 is 1. The number of hydrogen-bond acceptors (Lipinski definition) is 4. The summed E-state index contributed by atoms with van der Waals surface area (Å²) < 4.78 is 11.7. The van der Waals surface area contributed by atoms with Crippen molar-refractivity contribution in [1.29, 1.82) is 0 Å². The fourth-order valence-electron chi connectivity index (χ4n) is 4.36. The molecule has 4 aromatic carbocycles. The van der Waals surface area contributed by atoms with E-state index in [1.165, 1.54) is 7.11 Å². The minimum atomic E-state index is -1.09. The number of carbonyl (C=O) groups is 2. The third kappa shape index (κ3) is 6.43. The maximum absolute atomic E-state index is 13.1. The van der Waals surface area contributed by atoms with Crippen molar-refractivity contribution in [2.45, 2.75) is 40.0 Å². The van der Waals surface area contributed by atoms with Crippen LogP contribution in [0.2, 0.25) is 0 Å². The van der Waals surface area contributed by atoms with Gasteiger partial charge in [0, 0.05) is 11.3 Å². The van der Waals surface area contributed by atoms with Crippen LogP contribution in [0.5, 0.6) is 17.2 Å². The Hall–Kier alpha value is -4.78. The second kappa shape index (κ2) is 11.5. The van der Waals surface area contributed by atoms with Crippen LogP contribution < -0.4 is 20.1 Å². The molecule has 0 heterocycles. The van der Waals surface area contributed by atoms with Crippen molar-refractivity contribution in [3.8, 4) is 28.4 Å². The molecule has 0 aliphatic heterocycles. The highest BCUT2D eigenvalue weighted by molar-refractivity contribution is 6.01. The van der Waals surface area contributed by atoms with E-state index in [4.69, 9.17) is 9.47 Å². The van der Waals surface area contributed by atoms with E-state index >= 15 is 0 Å². The minimum Gasteiger partial charge on any atom is -0.496 e. The van der Waals surface area contributed by atoms with Crippen LogP contribution >= 0.6 is 0 Å². The van der Waals surface area contributed by atoms with Crippen LogP contribution in [0.4, 0.5) is 16.2 Å². The summed E-state index contributed by atoms with van der Waals surface area (Å²) in [5.41, 5.74) is 5.38. The number of amides is 2. The smallest absolute Gasteiger partial charge is 0.339 e. The van der Waals surface area contributed by atoms with Gasteiger partial charge in [-0.25, -0.2) is 9.59 Å². The summed E-state index contributed by atoms with van der Waals surface area (Å²) >= 11 is 0. The molecule has 0 radical (unpaired) electrons. The largest absolute Gasteiger partial charge is 0.496 e. The molecule has 7 heteroatoms. The molecular formula is C33H34N2O5. The van der Waals surface area contributed by atoms with Crippen LogP contribution in [0.3, 0.4) is 0 Å². The maximum atomic E-state index is 13.1. The predicted molar refractivity (Wildman–Crippen MR) is 159 cm³/mol. The average Bonchev–Trinajstić information content (AvgIpc) is 2.91. The zero-order valence-corrected chi connectivity index (χ0v) is 23.6. The zero-order valence-electron chi connectivity index (χ0n) is 23.6. The normalized spacial score (nSPS) is 11.1. The van der Waals surface area contributed by atoms with Crippen molar-refractivity contribution in [3.63, 3.8) is 0 Å².